The molecule has 158 valence electrons. The molecule has 1 fully saturated rings. The molecular formula is C22H24ClN3O4. The molecule has 0 spiro atoms. The van der Waals surface area contributed by atoms with Gasteiger partial charge in [-0.25, -0.2) is 0 Å². The van der Waals surface area contributed by atoms with Crippen LogP contribution in [0.1, 0.15) is 42.6 Å². The van der Waals surface area contributed by atoms with Gasteiger partial charge < -0.3 is 10.6 Å². The SMILES string of the molecule is CC(C)C(NC(=O)c1ccc(Cl)c([N+](=O)[O-])c1)C(=O)NCC1(c2ccccc2)CC1. The Kier molecular flexibility index (Phi) is 6.41. The number of carbonyl (C=O) groups excluding carboxylic acids is 2. The molecule has 1 atom stereocenters. The third kappa shape index (κ3) is 4.79. The summed E-state index contributed by atoms with van der Waals surface area (Å²) in [4.78, 5) is 35.9. The lowest BCUT2D eigenvalue weighted by molar-refractivity contribution is -0.384. The van der Waals surface area contributed by atoms with E-state index in [0.29, 0.717) is 6.54 Å². The Labute approximate surface area is 180 Å². The summed E-state index contributed by atoms with van der Waals surface area (Å²) in [6, 6.07) is 13.1. The van der Waals surface area contributed by atoms with Crippen molar-refractivity contribution in [1.29, 1.82) is 0 Å². The van der Waals surface area contributed by atoms with Gasteiger partial charge in [-0.15, -0.1) is 0 Å². The van der Waals surface area contributed by atoms with Crippen LogP contribution in [-0.2, 0) is 10.2 Å². The first-order chi connectivity index (χ1) is 14.2. The van der Waals surface area contributed by atoms with E-state index in [1.54, 1.807) is 0 Å². The molecule has 2 aromatic carbocycles. The van der Waals surface area contributed by atoms with Gasteiger partial charge in [0.15, 0.2) is 0 Å². The third-order valence-electron chi connectivity index (χ3n) is 5.48. The fourth-order valence-electron chi connectivity index (χ4n) is 3.43. The molecule has 1 aliphatic carbocycles. The number of benzene rings is 2. The number of hydrogen-bond donors (Lipinski definition) is 2. The molecule has 0 saturated heterocycles. The average Bonchev–Trinajstić information content (AvgIpc) is 3.52. The lowest BCUT2D eigenvalue weighted by atomic mass is 9.95. The van der Waals surface area contributed by atoms with E-state index in [-0.39, 0.29) is 33.5 Å². The van der Waals surface area contributed by atoms with Crippen LogP contribution in [0.15, 0.2) is 48.5 Å². The molecule has 0 aromatic heterocycles. The molecule has 1 unspecified atom stereocenters. The number of amides is 2. The van der Waals surface area contributed by atoms with Gasteiger partial charge in [-0.1, -0.05) is 55.8 Å². The van der Waals surface area contributed by atoms with E-state index < -0.39 is 16.9 Å². The predicted octanol–water partition coefficient (Wildman–Crippen LogP) is 3.85. The summed E-state index contributed by atoms with van der Waals surface area (Å²) in [5, 5.41) is 16.7. The van der Waals surface area contributed by atoms with Crippen LogP contribution in [0.25, 0.3) is 0 Å². The van der Waals surface area contributed by atoms with Crippen molar-refractivity contribution in [3.05, 3.63) is 74.8 Å². The van der Waals surface area contributed by atoms with Gasteiger partial charge in [0.2, 0.25) is 5.91 Å². The van der Waals surface area contributed by atoms with Crippen molar-refractivity contribution >= 4 is 29.1 Å². The zero-order valence-corrected chi connectivity index (χ0v) is 17.6. The summed E-state index contributed by atoms with van der Waals surface area (Å²) in [5.41, 5.74) is 0.879. The van der Waals surface area contributed by atoms with E-state index in [4.69, 9.17) is 11.6 Å². The number of rotatable bonds is 8. The first-order valence-corrected chi connectivity index (χ1v) is 10.2. The number of nitrogens with zero attached hydrogens (tertiary/aromatic N) is 1. The van der Waals surface area contributed by atoms with Gasteiger partial charge in [0.25, 0.3) is 11.6 Å². The topological polar surface area (TPSA) is 101 Å². The predicted molar refractivity (Wildman–Crippen MR) is 115 cm³/mol. The van der Waals surface area contributed by atoms with Crippen LogP contribution in [0, 0.1) is 16.0 Å². The van der Waals surface area contributed by atoms with E-state index in [1.807, 2.05) is 32.0 Å². The lowest BCUT2D eigenvalue weighted by Crippen LogP contribution is -2.51. The Morgan fingerprint density at radius 3 is 2.40 bits per heavy atom. The Balaban J connectivity index is 1.67. The number of nitrogens with one attached hydrogen (secondary N) is 2. The molecule has 0 aliphatic heterocycles. The largest absolute Gasteiger partial charge is 0.353 e. The summed E-state index contributed by atoms with van der Waals surface area (Å²) in [6.45, 7) is 4.17. The van der Waals surface area contributed by atoms with Crippen molar-refractivity contribution in [2.24, 2.45) is 5.92 Å². The Morgan fingerprint density at radius 1 is 1.17 bits per heavy atom. The third-order valence-corrected chi connectivity index (χ3v) is 5.80. The molecule has 30 heavy (non-hydrogen) atoms. The highest BCUT2D eigenvalue weighted by molar-refractivity contribution is 6.32. The smallest absolute Gasteiger partial charge is 0.288 e. The van der Waals surface area contributed by atoms with Gasteiger partial charge in [0.1, 0.15) is 11.1 Å². The zero-order chi connectivity index (χ0) is 21.9. The van der Waals surface area contributed by atoms with Gasteiger partial charge in [0, 0.05) is 23.6 Å². The minimum atomic E-state index is -0.765. The molecular weight excluding hydrogens is 406 g/mol. The van der Waals surface area contributed by atoms with Gasteiger partial charge in [-0.3, -0.25) is 19.7 Å². The average molecular weight is 430 g/mol. The van der Waals surface area contributed by atoms with E-state index in [0.717, 1.165) is 18.9 Å². The highest BCUT2D eigenvalue weighted by Crippen LogP contribution is 2.47. The first kappa shape index (κ1) is 21.8. The normalized spacial score (nSPS) is 15.3. The number of halogens is 1. The second kappa shape index (κ2) is 8.83. The first-order valence-electron chi connectivity index (χ1n) is 9.81. The van der Waals surface area contributed by atoms with Crippen molar-refractivity contribution in [2.75, 3.05) is 6.54 Å². The maximum Gasteiger partial charge on any atom is 0.288 e. The van der Waals surface area contributed by atoms with Crippen LogP contribution in [0.5, 0.6) is 0 Å². The molecule has 2 amide bonds. The summed E-state index contributed by atoms with van der Waals surface area (Å²) in [7, 11) is 0. The Morgan fingerprint density at radius 2 is 1.83 bits per heavy atom. The number of nitro groups is 1. The van der Waals surface area contributed by atoms with Crippen LogP contribution < -0.4 is 10.6 Å². The standard InChI is InChI=1S/C22H24ClN3O4/c1-14(2)19(25-20(27)15-8-9-17(23)18(12-15)26(29)30)21(28)24-13-22(10-11-22)16-6-4-3-5-7-16/h3-9,12,14,19H,10-11,13H2,1-2H3,(H,24,28)(H,25,27). The van der Waals surface area contributed by atoms with E-state index in [2.05, 4.69) is 22.8 Å². The van der Waals surface area contributed by atoms with Crippen LogP contribution in [0.3, 0.4) is 0 Å². The van der Waals surface area contributed by atoms with E-state index in [1.165, 1.54) is 17.7 Å². The quantitative estimate of drug-likeness (QED) is 0.491. The highest BCUT2D eigenvalue weighted by Gasteiger charge is 2.44. The maximum atomic E-state index is 12.8. The van der Waals surface area contributed by atoms with Crippen molar-refractivity contribution < 1.29 is 14.5 Å². The molecule has 0 heterocycles. The zero-order valence-electron chi connectivity index (χ0n) is 16.9. The second-order valence-electron chi connectivity index (χ2n) is 7.98. The van der Waals surface area contributed by atoms with Crippen molar-refractivity contribution in [3.8, 4) is 0 Å². The molecule has 3 rings (SSSR count). The molecule has 1 aliphatic rings. The Hall–Kier alpha value is -2.93. The summed E-state index contributed by atoms with van der Waals surface area (Å²) in [6.07, 6.45) is 2.01. The van der Waals surface area contributed by atoms with Crippen LogP contribution in [0.4, 0.5) is 5.69 Å². The molecule has 0 bridgehead atoms. The molecule has 1 saturated carbocycles. The molecule has 7 nitrogen and oxygen atoms in total. The molecule has 2 aromatic rings. The van der Waals surface area contributed by atoms with Crippen molar-refractivity contribution in [2.45, 2.75) is 38.1 Å². The number of nitro benzene ring substituents is 1. The fraction of sp³-hybridized carbons (Fsp3) is 0.364. The number of hydrogen-bond acceptors (Lipinski definition) is 4. The van der Waals surface area contributed by atoms with Gasteiger partial charge in [0.05, 0.1) is 4.92 Å². The Bertz CT molecular complexity index is 958. The van der Waals surface area contributed by atoms with Crippen molar-refractivity contribution in [3.63, 3.8) is 0 Å². The van der Waals surface area contributed by atoms with E-state index in [9.17, 15) is 19.7 Å². The van der Waals surface area contributed by atoms with Gasteiger partial charge in [-0.2, -0.15) is 0 Å². The van der Waals surface area contributed by atoms with E-state index >= 15 is 0 Å². The fourth-order valence-corrected chi connectivity index (χ4v) is 3.62. The van der Waals surface area contributed by atoms with Crippen LogP contribution >= 0.6 is 11.6 Å². The summed E-state index contributed by atoms with van der Waals surface area (Å²) < 4.78 is 0. The molecule has 2 N–H and O–H groups in total. The summed E-state index contributed by atoms with van der Waals surface area (Å²) >= 11 is 5.81. The molecule has 8 heteroatoms. The monoisotopic (exact) mass is 429 g/mol. The lowest BCUT2D eigenvalue weighted by Gasteiger charge is -2.24. The second-order valence-corrected chi connectivity index (χ2v) is 8.39. The number of carbonyl (C=O) groups is 2. The van der Waals surface area contributed by atoms with Crippen molar-refractivity contribution in [1.82, 2.24) is 10.6 Å². The minimum Gasteiger partial charge on any atom is -0.353 e. The minimum absolute atomic E-state index is 0.0424. The molecule has 0 radical (unpaired) electrons. The maximum absolute atomic E-state index is 12.8. The van der Waals surface area contributed by atoms with Gasteiger partial charge >= 0.3 is 0 Å². The highest BCUT2D eigenvalue weighted by atomic mass is 35.5. The van der Waals surface area contributed by atoms with Crippen LogP contribution in [0.2, 0.25) is 5.02 Å². The summed E-state index contributed by atoms with van der Waals surface area (Å²) in [5.74, 6) is -1.00. The van der Waals surface area contributed by atoms with Crippen LogP contribution in [-0.4, -0.2) is 29.3 Å². The van der Waals surface area contributed by atoms with Gasteiger partial charge in [-0.05, 0) is 36.5 Å².